The Morgan fingerprint density at radius 2 is 1.67 bits per heavy atom. The lowest BCUT2D eigenvalue weighted by Crippen LogP contribution is -2.45. The standard InChI is InChI=1S/C16H19NS/c17-8-10-1-2-15(18-9-10)16-13-4-11-3-12(6-13)7-14(16)5-11/h1-2,11-14,16H,3-7,9H2. The van der Waals surface area contributed by atoms with Crippen molar-refractivity contribution in [3.05, 3.63) is 22.6 Å². The van der Waals surface area contributed by atoms with Gasteiger partial charge in [-0.15, -0.1) is 11.8 Å². The number of hydrogen-bond acceptors (Lipinski definition) is 2. The molecule has 0 amide bonds. The summed E-state index contributed by atoms with van der Waals surface area (Å²) in [5, 5.41) is 8.93. The number of hydrogen-bond donors (Lipinski definition) is 0. The maximum Gasteiger partial charge on any atom is 0.0956 e. The summed E-state index contributed by atoms with van der Waals surface area (Å²) in [6, 6.07) is 2.29. The first-order valence-corrected chi connectivity index (χ1v) is 8.25. The summed E-state index contributed by atoms with van der Waals surface area (Å²) in [4.78, 5) is 1.60. The third-order valence-electron chi connectivity index (χ3n) is 5.54. The zero-order valence-electron chi connectivity index (χ0n) is 10.6. The monoisotopic (exact) mass is 257 g/mol. The van der Waals surface area contributed by atoms with Crippen molar-refractivity contribution in [3.8, 4) is 6.07 Å². The van der Waals surface area contributed by atoms with Crippen molar-refractivity contribution in [3.63, 3.8) is 0 Å². The summed E-state index contributed by atoms with van der Waals surface area (Å²) in [5.41, 5.74) is 0.938. The smallest absolute Gasteiger partial charge is 0.0956 e. The van der Waals surface area contributed by atoms with Crippen LogP contribution in [0, 0.1) is 40.9 Å². The van der Waals surface area contributed by atoms with Gasteiger partial charge in [0.25, 0.3) is 0 Å². The molecule has 94 valence electrons. The van der Waals surface area contributed by atoms with Crippen molar-refractivity contribution < 1.29 is 0 Å². The van der Waals surface area contributed by atoms with Crippen LogP contribution in [-0.2, 0) is 0 Å². The maximum absolute atomic E-state index is 8.93. The normalized spacial score (nSPS) is 45.4. The van der Waals surface area contributed by atoms with E-state index in [-0.39, 0.29) is 0 Å². The molecule has 0 aromatic heterocycles. The van der Waals surface area contributed by atoms with Crippen LogP contribution in [0.4, 0.5) is 0 Å². The first-order chi connectivity index (χ1) is 8.83. The van der Waals surface area contributed by atoms with Crippen LogP contribution >= 0.6 is 11.8 Å². The highest BCUT2D eigenvalue weighted by Crippen LogP contribution is 2.59. The fourth-order valence-corrected chi connectivity index (χ4v) is 6.33. The summed E-state index contributed by atoms with van der Waals surface area (Å²) < 4.78 is 0. The summed E-state index contributed by atoms with van der Waals surface area (Å²) >= 11 is 1.95. The van der Waals surface area contributed by atoms with Gasteiger partial charge in [-0.25, -0.2) is 0 Å². The Labute approximate surface area is 113 Å². The Balaban J connectivity index is 1.61. The van der Waals surface area contributed by atoms with Crippen molar-refractivity contribution in [2.45, 2.75) is 32.1 Å². The summed E-state index contributed by atoms with van der Waals surface area (Å²) in [5.74, 6) is 5.81. The SMILES string of the molecule is N#CC1=CC=C(C2C3CC4CC(C3)CC2C4)SC1. The molecule has 0 aromatic rings. The Hall–Kier alpha value is -0.680. The number of nitriles is 1. The zero-order chi connectivity index (χ0) is 12.1. The maximum atomic E-state index is 8.93. The van der Waals surface area contributed by atoms with E-state index in [0.29, 0.717) is 0 Å². The van der Waals surface area contributed by atoms with Gasteiger partial charge >= 0.3 is 0 Å². The molecule has 0 aromatic carbocycles. The van der Waals surface area contributed by atoms with E-state index in [9.17, 15) is 0 Å². The first kappa shape index (κ1) is 11.2. The van der Waals surface area contributed by atoms with Crippen LogP contribution in [0.1, 0.15) is 32.1 Å². The Kier molecular flexibility index (Phi) is 2.59. The fourth-order valence-electron chi connectivity index (χ4n) is 5.11. The van der Waals surface area contributed by atoms with Gasteiger partial charge in [0.1, 0.15) is 0 Å². The lowest BCUT2D eigenvalue weighted by molar-refractivity contribution is -0.0176. The van der Waals surface area contributed by atoms with E-state index in [1.165, 1.54) is 32.1 Å². The van der Waals surface area contributed by atoms with Crippen molar-refractivity contribution in [2.75, 3.05) is 5.75 Å². The topological polar surface area (TPSA) is 23.8 Å². The number of rotatable bonds is 1. The first-order valence-electron chi connectivity index (χ1n) is 7.27. The van der Waals surface area contributed by atoms with Crippen molar-refractivity contribution in [1.82, 2.24) is 0 Å². The van der Waals surface area contributed by atoms with Crippen LogP contribution in [-0.4, -0.2) is 5.75 Å². The van der Waals surface area contributed by atoms with E-state index in [1.807, 2.05) is 11.8 Å². The van der Waals surface area contributed by atoms with Gasteiger partial charge in [0.05, 0.1) is 6.07 Å². The van der Waals surface area contributed by atoms with Crippen molar-refractivity contribution in [1.29, 1.82) is 5.26 Å². The Morgan fingerprint density at radius 3 is 2.17 bits per heavy atom. The molecule has 1 nitrogen and oxygen atoms in total. The van der Waals surface area contributed by atoms with E-state index in [2.05, 4.69) is 18.2 Å². The van der Waals surface area contributed by atoms with Gasteiger partial charge in [0.15, 0.2) is 0 Å². The van der Waals surface area contributed by atoms with Gasteiger partial charge < -0.3 is 0 Å². The molecule has 2 heteroatoms. The second kappa shape index (κ2) is 4.17. The van der Waals surface area contributed by atoms with E-state index >= 15 is 0 Å². The molecule has 5 rings (SSSR count). The van der Waals surface area contributed by atoms with E-state index < -0.39 is 0 Å². The lowest BCUT2D eigenvalue weighted by Gasteiger charge is -2.55. The third kappa shape index (κ3) is 1.67. The molecule has 0 atom stereocenters. The van der Waals surface area contributed by atoms with Gasteiger partial charge in [-0.3, -0.25) is 0 Å². The average molecular weight is 257 g/mol. The predicted octanol–water partition coefficient (Wildman–Crippen LogP) is 4.14. The predicted molar refractivity (Wildman–Crippen MR) is 74.8 cm³/mol. The lowest BCUT2D eigenvalue weighted by atomic mass is 9.52. The van der Waals surface area contributed by atoms with Gasteiger partial charge in [-0.2, -0.15) is 5.26 Å². The van der Waals surface area contributed by atoms with Crippen LogP contribution in [0.25, 0.3) is 0 Å². The van der Waals surface area contributed by atoms with Crippen LogP contribution in [0.3, 0.4) is 0 Å². The minimum Gasteiger partial charge on any atom is -0.193 e. The number of nitrogens with zero attached hydrogens (tertiary/aromatic N) is 1. The zero-order valence-corrected chi connectivity index (χ0v) is 11.5. The largest absolute Gasteiger partial charge is 0.193 e. The molecule has 1 aliphatic heterocycles. The molecule has 0 N–H and O–H groups in total. The third-order valence-corrected chi connectivity index (χ3v) is 6.74. The van der Waals surface area contributed by atoms with Crippen LogP contribution < -0.4 is 0 Å². The van der Waals surface area contributed by atoms with Gasteiger partial charge in [0.2, 0.25) is 0 Å². The molecule has 4 saturated carbocycles. The fraction of sp³-hybridized carbons (Fsp3) is 0.688. The average Bonchev–Trinajstić information content (AvgIpc) is 2.38. The van der Waals surface area contributed by atoms with E-state index in [0.717, 1.165) is 40.9 Å². The second-order valence-corrected chi connectivity index (χ2v) is 7.67. The van der Waals surface area contributed by atoms with Crippen molar-refractivity contribution in [2.24, 2.45) is 29.6 Å². The van der Waals surface area contributed by atoms with Crippen LogP contribution in [0.15, 0.2) is 22.6 Å². The molecule has 4 aliphatic carbocycles. The van der Waals surface area contributed by atoms with Gasteiger partial charge in [-0.05, 0) is 72.7 Å². The molecule has 4 bridgehead atoms. The minimum atomic E-state index is 0.847. The molecular formula is C16H19NS. The highest BCUT2D eigenvalue weighted by atomic mass is 32.2. The van der Waals surface area contributed by atoms with Gasteiger partial charge in [-0.1, -0.05) is 6.08 Å². The van der Waals surface area contributed by atoms with E-state index in [4.69, 9.17) is 5.26 Å². The number of allylic oxidation sites excluding steroid dienone is 3. The molecule has 0 radical (unpaired) electrons. The van der Waals surface area contributed by atoms with Crippen LogP contribution in [0.2, 0.25) is 0 Å². The Bertz CT molecular complexity index is 440. The van der Waals surface area contributed by atoms with Crippen LogP contribution in [0.5, 0.6) is 0 Å². The van der Waals surface area contributed by atoms with Crippen molar-refractivity contribution >= 4 is 11.8 Å². The molecule has 18 heavy (non-hydrogen) atoms. The van der Waals surface area contributed by atoms with Gasteiger partial charge in [0, 0.05) is 11.3 Å². The summed E-state index contributed by atoms with van der Waals surface area (Å²) in [6.07, 6.45) is 11.8. The molecule has 1 heterocycles. The number of thioether (sulfide) groups is 1. The Morgan fingerprint density at radius 1 is 1.00 bits per heavy atom. The highest BCUT2D eigenvalue weighted by molar-refractivity contribution is 8.03. The highest BCUT2D eigenvalue weighted by Gasteiger charge is 2.49. The molecule has 0 saturated heterocycles. The van der Waals surface area contributed by atoms with E-state index in [1.54, 1.807) is 4.91 Å². The molecule has 0 unspecified atom stereocenters. The summed E-state index contributed by atoms with van der Waals surface area (Å²) in [7, 11) is 0. The second-order valence-electron chi connectivity index (χ2n) is 6.62. The molecular weight excluding hydrogens is 238 g/mol. The molecule has 4 fully saturated rings. The minimum absolute atomic E-state index is 0.847. The quantitative estimate of drug-likeness (QED) is 0.705. The molecule has 5 aliphatic rings. The molecule has 0 spiro atoms. The summed E-state index contributed by atoms with van der Waals surface area (Å²) in [6.45, 7) is 0.